The second-order valence-electron chi connectivity index (χ2n) is 10.8. The average molecular weight is 422 g/mol. The van der Waals surface area contributed by atoms with Gasteiger partial charge >= 0.3 is 0 Å². The van der Waals surface area contributed by atoms with Crippen LogP contribution in [0.1, 0.15) is 127 Å². The van der Waals surface area contributed by atoms with Crippen molar-refractivity contribution >= 4 is 0 Å². The zero-order chi connectivity index (χ0) is 21.9. The van der Waals surface area contributed by atoms with Gasteiger partial charge in [0.2, 0.25) is 0 Å². The summed E-state index contributed by atoms with van der Waals surface area (Å²) in [6, 6.07) is 12.3. The Morgan fingerprint density at radius 3 is 2.10 bits per heavy atom. The fourth-order valence-electron chi connectivity index (χ4n) is 6.44. The van der Waals surface area contributed by atoms with Crippen molar-refractivity contribution in [2.75, 3.05) is 0 Å². The molecule has 0 bridgehead atoms. The Morgan fingerprint density at radius 1 is 0.806 bits per heavy atom. The second kappa shape index (κ2) is 13.3. The number of hydrogen-bond donors (Lipinski definition) is 0. The van der Waals surface area contributed by atoms with Gasteiger partial charge in [-0.1, -0.05) is 83.1 Å². The Hall–Kier alpha value is -1.29. The summed E-state index contributed by atoms with van der Waals surface area (Å²) in [7, 11) is 0. The third-order valence-corrected chi connectivity index (χ3v) is 8.53. The van der Waals surface area contributed by atoms with Crippen LogP contribution in [0.15, 0.2) is 24.3 Å². The predicted octanol–water partition coefficient (Wildman–Crippen LogP) is 9.22. The van der Waals surface area contributed by atoms with Crippen molar-refractivity contribution in [2.24, 2.45) is 23.7 Å². The summed E-state index contributed by atoms with van der Waals surface area (Å²) in [5.41, 5.74) is 3.07. The molecule has 2 aliphatic rings. The van der Waals surface area contributed by atoms with Crippen molar-refractivity contribution in [2.45, 2.75) is 122 Å². The number of aryl methyl sites for hydroxylation is 1. The van der Waals surface area contributed by atoms with Crippen molar-refractivity contribution < 1.29 is 0 Å². The molecule has 2 saturated carbocycles. The maximum atomic E-state index is 9.88. The Bertz CT molecular complexity index is 638. The van der Waals surface area contributed by atoms with E-state index in [0.717, 1.165) is 17.8 Å². The third kappa shape index (κ3) is 7.66. The zero-order valence-electron chi connectivity index (χ0n) is 20.5. The summed E-state index contributed by atoms with van der Waals surface area (Å²) in [5.74, 6) is 3.47. The number of benzene rings is 1. The van der Waals surface area contributed by atoms with Gasteiger partial charge in [0.1, 0.15) is 0 Å². The fourth-order valence-corrected chi connectivity index (χ4v) is 6.44. The molecule has 0 radical (unpaired) electrons. The van der Waals surface area contributed by atoms with E-state index in [1.807, 2.05) is 0 Å². The first-order valence-corrected chi connectivity index (χ1v) is 13.7. The number of nitrogens with zero attached hydrogens (tertiary/aromatic N) is 1. The molecule has 1 aromatic carbocycles. The molecule has 0 aromatic heterocycles. The molecule has 1 heteroatoms. The summed E-state index contributed by atoms with van der Waals surface area (Å²) in [4.78, 5) is 0. The predicted molar refractivity (Wildman–Crippen MR) is 133 cm³/mol. The molecule has 1 aromatic rings. The van der Waals surface area contributed by atoms with Crippen molar-refractivity contribution in [3.05, 3.63) is 35.4 Å². The monoisotopic (exact) mass is 421 g/mol. The van der Waals surface area contributed by atoms with Gasteiger partial charge in [-0.2, -0.15) is 5.26 Å². The van der Waals surface area contributed by atoms with Gasteiger partial charge in [0.05, 0.1) is 6.07 Å². The second-order valence-corrected chi connectivity index (χ2v) is 10.8. The lowest BCUT2D eigenvalue weighted by Crippen LogP contribution is -2.24. The minimum Gasteiger partial charge on any atom is -0.198 e. The summed E-state index contributed by atoms with van der Waals surface area (Å²) < 4.78 is 0. The van der Waals surface area contributed by atoms with E-state index in [1.165, 1.54) is 108 Å². The molecule has 1 atom stereocenters. The molecule has 3 rings (SSSR count). The Balaban J connectivity index is 1.40. The van der Waals surface area contributed by atoms with Crippen LogP contribution < -0.4 is 0 Å². The maximum absolute atomic E-state index is 9.88. The quantitative estimate of drug-likeness (QED) is 0.327. The molecule has 31 heavy (non-hydrogen) atoms. The van der Waals surface area contributed by atoms with E-state index in [2.05, 4.69) is 44.2 Å². The van der Waals surface area contributed by atoms with Crippen LogP contribution in [0.2, 0.25) is 0 Å². The highest BCUT2D eigenvalue weighted by Crippen LogP contribution is 2.42. The van der Waals surface area contributed by atoms with Gasteiger partial charge in [-0.3, -0.25) is 0 Å². The van der Waals surface area contributed by atoms with E-state index in [0.29, 0.717) is 11.8 Å². The number of nitriles is 1. The standard InChI is InChI=1S/C30H47N/c1-3-5-6-7-9-25-12-16-27(17-13-25)28-20-14-26(15-21-28)22-30(23-31)29-18-10-24(8-4-2)11-19-29/h12-13,16-17,24,26,28-30H,3-11,14-15,18-22H2,1-2H3. The lowest BCUT2D eigenvalue weighted by Gasteiger charge is -2.34. The van der Waals surface area contributed by atoms with Crippen LogP contribution in [0.5, 0.6) is 0 Å². The highest BCUT2D eigenvalue weighted by atomic mass is 14.4. The molecule has 0 spiro atoms. The average Bonchev–Trinajstić information content (AvgIpc) is 2.82. The van der Waals surface area contributed by atoms with Crippen LogP contribution in [0, 0.1) is 35.0 Å². The van der Waals surface area contributed by atoms with E-state index in [9.17, 15) is 5.26 Å². The first-order chi connectivity index (χ1) is 15.2. The minimum atomic E-state index is 0.316. The molecule has 0 aliphatic heterocycles. The molecule has 1 nitrogen and oxygen atoms in total. The zero-order valence-corrected chi connectivity index (χ0v) is 20.5. The number of rotatable bonds is 11. The molecule has 172 valence electrons. The molecular weight excluding hydrogens is 374 g/mol. The number of hydrogen-bond acceptors (Lipinski definition) is 1. The van der Waals surface area contributed by atoms with E-state index in [1.54, 1.807) is 5.56 Å². The molecule has 0 heterocycles. The van der Waals surface area contributed by atoms with E-state index in [-0.39, 0.29) is 0 Å². The highest BCUT2D eigenvalue weighted by Gasteiger charge is 2.31. The number of unbranched alkanes of at least 4 members (excludes halogenated alkanes) is 3. The van der Waals surface area contributed by atoms with Gasteiger partial charge in [-0.15, -0.1) is 0 Å². The molecule has 1 unspecified atom stereocenters. The fraction of sp³-hybridized carbons (Fsp3) is 0.767. The smallest absolute Gasteiger partial charge is 0.0658 e. The van der Waals surface area contributed by atoms with Gasteiger partial charge in [-0.05, 0) is 92.6 Å². The summed E-state index contributed by atoms with van der Waals surface area (Å²) in [6.45, 7) is 4.59. The molecule has 0 amide bonds. The van der Waals surface area contributed by atoms with Crippen molar-refractivity contribution in [3.63, 3.8) is 0 Å². The summed E-state index contributed by atoms with van der Waals surface area (Å²) in [6.07, 6.45) is 21.2. The van der Waals surface area contributed by atoms with Crippen molar-refractivity contribution in [3.8, 4) is 6.07 Å². The molecule has 0 N–H and O–H groups in total. The lowest BCUT2D eigenvalue weighted by molar-refractivity contribution is 0.189. The van der Waals surface area contributed by atoms with Crippen LogP contribution in [0.4, 0.5) is 0 Å². The summed E-state index contributed by atoms with van der Waals surface area (Å²) in [5, 5.41) is 9.88. The summed E-state index contributed by atoms with van der Waals surface area (Å²) >= 11 is 0. The minimum absolute atomic E-state index is 0.316. The van der Waals surface area contributed by atoms with Gasteiger partial charge in [0.25, 0.3) is 0 Å². The highest BCUT2D eigenvalue weighted by molar-refractivity contribution is 5.26. The largest absolute Gasteiger partial charge is 0.198 e. The maximum Gasteiger partial charge on any atom is 0.0658 e. The van der Waals surface area contributed by atoms with Crippen LogP contribution in [-0.4, -0.2) is 0 Å². The first-order valence-electron chi connectivity index (χ1n) is 13.7. The molecular formula is C30H47N. The molecule has 0 saturated heterocycles. The Labute approximate surface area is 193 Å². The lowest BCUT2D eigenvalue weighted by atomic mass is 9.70. The van der Waals surface area contributed by atoms with Gasteiger partial charge in [0.15, 0.2) is 0 Å². The van der Waals surface area contributed by atoms with Crippen LogP contribution in [0.25, 0.3) is 0 Å². The van der Waals surface area contributed by atoms with Crippen molar-refractivity contribution in [1.29, 1.82) is 5.26 Å². The first kappa shape index (κ1) is 24.4. The molecule has 2 aliphatic carbocycles. The van der Waals surface area contributed by atoms with Crippen LogP contribution >= 0.6 is 0 Å². The van der Waals surface area contributed by atoms with E-state index in [4.69, 9.17) is 0 Å². The normalized spacial score (nSPS) is 27.5. The van der Waals surface area contributed by atoms with E-state index < -0.39 is 0 Å². The van der Waals surface area contributed by atoms with E-state index >= 15 is 0 Å². The Kier molecular flexibility index (Phi) is 10.5. The Morgan fingerprint density at radius 2 is 1.48 bits per heavy atom. The molecule has 2 fully saturated rings. The van der Waals surface area contributed by atoms with Crippen LogP contribution in [-0.2, 0) is 6.42 Å². The van der Waals surface area contributed by atoms with Crippen LogP contribution in [0.3, 0.4) is 0 Å². The topological polar surface area (TPSA) is 23.8 Å². The van der Waals surface area contributed by atoms with Gasteiger partial charge < -0.3 is 0 Å². The van der Waals surface area contributed by atoms with Crippen molar-refractivity contribution in [1.82, 2.24) is 0 Å². The van der Waals surface area contributed by atoms with Gasteiger partial charge in [0, 0.05) is 5.92 Å². The SMILES string of the molecule is CCCCCCc1ccc(C2CCC(CC(C#N)C3CCC(CCC)CC3)CC2)cc1. The third-order valence-electron chi connectivity index (χ3n) is 8.53. The van der Waals surface area contributed by atoms with Gasteiger partial charge in [-0.25, -0.2) is 0 Å².